The van der Waals surface area contributed by atoms with Crippen LogP contribution in [0.2, 0.25) is 5.02 Å². The molecule has 0 aromatic heterocycles. The molecule has 2 aliphatic rings. The van der Waals surface area contributed by atoms with Gasteiger partial charge in [0.25, 0.3) is 5.91 Å². The molecule has 0 bridgehead atoms. The standard InChI is InChI=1S/C21H28ClFN4O5/c1-12(9-21(11-31-3)19(29)24-20(30)25-21)18(28)26-5-6-27(13(2)10-26)14-7-15(23)17(22)16(8-14)32-4/h7-8,12-13H,5-6,9-11H2,1-4H3,(H2,24,25,29,30)/t12-,13-,21-/m0/s1. The van der Waals surface area contributed by atoms with Crippen molar-refractivity contribution in [3.8, 4) is 5.75 Å². The summed E-state index contributed by atoms with van der Waals surface area (Å²) in [5.41, 5.74) is -0.646. The van der Waals surface area contributed by atoms with Crippen LogP contribution in [0.5, 0.6) is 5.75 Å². The van der Waals surface area contributed by atoms with Crippen molar-refractivity contribution >= 4 is 35.1 Å². The SMILES string of the molecule is COC[C@]1(C[C@H](C)C(=O)N2CCN(c3cc(F)c(Cl)c(OC)c3)[C@@H](C)C2)NC(=O)NC1=O. The van der Waals surface area contributed by atoms with Gasteiger partial charge in [0.2, 0.25) is 5.91 Å². The van der Waals surface area contributed by atoms with Gasteiger partial charge in [-0.3, -0.25) is 14.9 Å². The molecule has 32 heavy (non-hydrogen) atoms. The van der Waals surface area contributed by atoms with Crippen molar-refractivity contribution in [2.45, 2.75) is 31.8 Å². The molecule has 4 amide bonds. The molecule has 11 heteroatoms. The Bertz CT molecular complexity index is 916. The molecule has 0 unspecified atom stereocenters. The first-order valence-corrected chi connectivity index (χ1v) is 10.7. The van der Waals surface area contributed by atoms with Crippen LogP contribution < -0.4 is 20.3 Å². The van der Waals surface area contributed by atoms with Crippen molar-refractivity contribution in [2.75, 3.05) is 45.4 Å². The molecule has 3 atom stereocenters. The van der Waals surface area contributed by atoms with Crippen LogP contribution in [0.15, 0.2) is 12.1 Å². The number of ether oxygens (including phenoxy) is 2. The van der Waals surface area contributed by atoms with Gasteiger partial charge in [-0.1, -0.05) is 18.5 Å². The summed E-state index contributed by atoms with van der Waals surface area (Å²) in [5.74, 6) is -1.47. The van der Waals surface area contributed by atoms with E-state index in [1.165, 1.54) is 20.3 Å². The normalized spacial score (nSPS) is 24.2. The highest BCUT2D eigenvalue weighted by atomic mass is 35.5. The van der Waals surface area contributed by atoms with Gasteiger partial charge in [0.15, 0.2) is 0 Å². The number of anilines is 1. The third-order valence-electron chi connectivity index (χ3n) is 5.95. The molecule has 2 fully saturated rings. The van der Waals surface area contributed by atoms with Gasteiger partial charge < -0.3 is 24.6 Å². The van der Waals surface area contributed by atoms with Crippen LogP contribution in [0.25, 0.3) is 0 Å². The Kier molecular flexibility index (Phi) is 7.14. The van der Waals surface area contributed by atoms with Gasteiger partial charge in [-0.05, 0) is 19.4 Å². The van der Waals surface area contributed by atoms with Crippen molar-refractivity contribution in [1.82, 2.24) is 15.5 Å². The van der Waals surface area contributed by atoms with Crippen LogP contribution in [0.3, 0.4) is 0 Å². The summed E-state index contributed by atoms with van der Waals surface area (Å²) >= 11 is 5.93. The Morgan fingerprint density at radius 3 is 2.62 bits per heavy atom. The number of nitrogens with one attached hydrogen (secondary N) is 2. The maximum absolute atomic E-state index is 14.2. The molecule has 176 valence electrons. The lowest BCUT2D eigenvalue weighted by atomic mass is 9.87. The maximum Gasteiger partial charge on any atom is 0.322 e. The average Bonchev–Trinajstić information content (AvgIpc) is 3.01. The maximum atomic E-state index is 14.2. The predicted molar refractivity (Wildman–Crippen MR) is 116 cm³/mol. The molecule has 0 radical (unpaired) electrons. The van der Waals surface area contributed by atoms with E-state index in [9.17, 15) is 18.8 Å². The van der Waals surface area contributed by atoms with Gasteiger partial charge in [0, 0.05) is 50.5 Å². The number of nitrogens with zero attached hydrogens (tertiary/aromatic N) is 2. The summed E-state index contributed by atoms with van der Waals surface area (Å²) in [6.45, 7) is 4.98. The fourth-order valence-corrected chi connectivity index (χ4v) is 4.59. The molecule has 3 rings (SSSR count). The number of urea groups is 1. The quantitative estimate of drug-likeness (QED) is 0.589. The van der Waals surface area contributed by atoms with Crippen molar-refractivity contribution < 1.29 is 28.2 Å². The van der Waals surface area contributed by atoms with Crippen molar-refractivity contribution in [1.29, 1.82) is 0 Å². The number of amides is 4. The van der Waals surface area contributed by atoms with E-state index in [4.69, 9.17) is 21.1 Å². The molecular formula is C21H28ClFN4O5. The van der Waals surface area contributed by atoms with Gasteiger partial charge in [0.1, 0.15) is 22.1 Å². The van der Waals surface area contributed by atoms with Gasteiger partial charge in [-0.2, -0.15) is 0 Å². The molecule has 2 heterocycles. The van der Waals surface area contributed by atoms with Crippen LogP contribution in [0, 0.1) is 11.7 Å². The van der Waals surface area contributed by atoms with E-state index in [2.05, 4.69) is 10.6 Å². The van der Waals surface area contributed by atoms with Gasteiger partial charge in [0.05, 0.1) is 13.7 Å². The summed E-state index contributed by atoms with van der Waals surface area (Å²) in [6.07, 6.45) is 0.117. The number of hydrogen-bond acceptors (Lipinski definition) is 6. The summed E-state index contributed by atoms with van der Waals surface area (Å²) in [7, 11) is 2.86. The molecule has 1 aromatic rings. The lowest BCUT2D eigenvalue weighted by Gasteiger charge is -2.42. The number of imide groups is 1. The van der Waals surface area contributed by atoms with Crippen molar-refractivity contribution in [3.05, 3.63) is 23.0 Å². The Morgan fingerprint density at radius 2 is 2.06 bits per heavy atom. The molecular weight excluding hydrogens is 443 g/mol. The molecule has 0 spiro atoms. The molecule has 0 saturated carbocycles. The van der Waals surface area contributed by atoms with E-state index >= 15 is 0 Å². The zero-order chi connectivity index (χ0) is 23.6. The highest BCUT2D eigenvalue weighted by Crippen LogP contribution is 2.34. The van der Waals surface area contributed by atoms with E-state index in [1.54, 1.807) is 17.9 Å². The first-order chi connectivity index (χ1) is 15.1. The summed E-state index contributed by atoms with van der Waals surface area (Å²) in [4.78, 5) is 40.8. The zero-order valence-corrected chi connectivity index (χ0v) is 19.3. The number of halogens is 2. The minimum atomic E-state index is -1.27. The fraction of sp³-hybridized carbons (Fsp3) is 0.571. The van der Waals surface area contributed by atoms with E-state index in [0.717, 1.165) is 0 Å². The third-order valence-corrected chi connectivity index (χ3v) is 6.32. The molecule has 9 nitrogen and oxygen atoms in total. The number of hydrogen-bond donors (Lipinski definition) is 2. The Labute approximate surface area is 191 Å². The third kappa shape index (κ3) is 4.61. The molecule has 2 N–H and O–H groups in total. The van der Waals surface area contributed by atoms with E-state index in [1.807, 2.05) is 11.8 Å². The molecule has 2 saturated heterocycles. The first kappa shape index (κ1) is 24.1. The number of carbonyl (C=O) groups excluding carboxylic acids is 3. The average molecular weight is 471 g/mol. The second-order valence-corrected chi connectivity index (χ2v) is 8.68. The van der Waals surface area contributed by atoms with Crippen molar-refractivity contribution in [3.63, 3.8) is 0 Å². The van der Waals surface area contributed by atoms with E-state index < -0.39 is 29.2 Å². The highest BCUT2D eigenvalue weighted by Gasteiger charge is 2.48. The second-order valence-electron chi connectivity index (χ2n) is 8.30. The lowest BCUT2D eigenvalue weighted by Crippen LogP contribution is -2.57. The number of benzene rings is 1. The number of rotatable bonds is 7. The van der Waals surface area contributed by atoms with Crippen LogP contribution in [0.4, 0.5) is 14.9 Å². The van der Waals surface area contributed by atoms with Crippen LogP contribution in [0.1, 0.15) is 20.3 Å². The molecule has 2 aliphatic heterocycles. The van der Waals surface area contributed by atoms with E-state index in [0.29, 0.717) is 25.3 Å². The molecule has 1 aromatic carbocycles. The van der Waals surface area contributed by atoms with Gasteiger partial charge in [-0.25, -0.2) is 9.18 Å². The monoisotopic (exact) mass is 470 g/mol. The largest absolute Gasteiger partial charge is 0.495 e. The number of carbonyl (C=O) groups is 3. The molecule has 0 aliphatic carbocycles. The smallest absolute Gasteiger partial charge is 0.322 e. The second kappa shape index (κ2) is 9.50. The highest BCUT2D eigenvalue weighted by molar-refractivity contribution is 6.32. The Morgan fingerprint density at radius 1 is 1.34 bits per heavy atom. The van der Waals surface area contributed by atoms with Crippen LogP contribution in [-0.4, -0.2) is 74.8 Å². The minimum absolute atomic E-state index is 0.0314. The van der Waals surface area contributed by atoms with Crippen LogP contribution >= 0.6 is 11.6 Å². The first-order valence-electron chi connectivity index (χ1n) is 10.3. The van der Waals surface area contributed by atoms with Crippen molar-refractivity contribution in [2.24, 2.45) is 5.92 Å². The number of methoxy groups -OCH3 is 2. The summed E-state index contributed by atoms with van der Waals surface area (Å²) in [6, 6.07) is 2.35. The minimum Gasteiger partial charge on any atom is -0.495 e. The summed E-state index contributed by atoms with van der Waals surface area (Å²) in [5, 5.41) is 4.75. The Hall–Kier alpha value is -2.59. The van der Waals surface area contributed by atoms with Gasteiger partial charge >= 0.3 is 6.03 Å². The van der Waals surface area contributed by atoms with Crippen LogP contribution in [-0.2, 0) is 14.3 Å². The predicted octanol–water partition coefficient (Wildman–Crippen LogP) is 1.78. The lowest BCUT2D eigenvalue weighted by molar-refractivity contribution is -0.137. The number of piperazine rings is 1. The summed E-state index contributed by atoms with van der Waals surface area (Å²) < 4.78 is 24.5. The van der Waals surface area contributed by atoms with Gasteiger partial charge in [-0.15, -0.1) is 0 Å². The topological polar surface area (TPSA) is 100 Å². The Balaban J connectivity index is 1.68. The van der Waals surface area contributed by atoms with E-state index in [-0.39, 0.29) is 35.7 Å². The fourth-order valence-electron chi connectivity index (χ4n) is 4.41. The zero-order valence-electron chi connectivity index (χ0n) is 18.5.